The molecule has 2 heterocycles. The molecule has 4 amide bonds. The van der Waals surface area contributed by atoms with Crippen LogP contribution in [0.1, 0.15) is 121 Å². The molecule has 3 aromatic rings. The number of methoxy groups -OCH3 is 1. The fourth-order valence-corrected chi connectivity index (χ4v) is 13.2. The topological polar surface area (TPSA) is 392 Å². The Morgan fingerprint density at radius 1 is 0.868 bits per heavy atom. The van der Waals surface area contributed by atoms with Gasteiger partial charge in [0.1, 0.15) is 48.1 Å². The van der Waals surface area contributed by atoms with Crippen LogP contribution in [-0.4, -0.2) is 195 Å². The fourth-order valence-electron chi connectivity index (χ4n) is 12.5. The highest BCUT2D eigenvalue weighted by Crippen LogP contribution is 2.54. The number of phenols is 2. The molecule has 91 heavy (non-hydrogen) atoms. The van der Waals surface area contributed by atoms with E-state index in [4.69, 9.17) is 37.9 Å². The predicted octanol–water partition coefficient (Wildman–Crippen LogP) is 2.13. The van der Waals surface area contributed by atoms with Crippen LogP contribution in [0, 0.1) is 35.5 Å². The number of aliphatic hydroxyl groups is 3. The highest BCUT2D eigenvalue weighted by molar-refractivity contribution is 7.88. The van der Waals surface area contributed by atoms with Crippen molar-refractivity contribution < 1.29 is 105 Å². The van der Waals surface area contributed by atoms with Gasteiger partial charge < -0.3 is 79.4 Å². The summed E-state index contributed by atoms with van der Waals surface area (Å²) in [5, 5.41) is 64.8. The molecule has 9 rings (SSSR count). The van der Waals surface area contributed by atoms with Crippen LogP contribution < -0.4 is 30.1 Å². The Morgan fingerprint density at radius 3 is 2.27 bits per heavy atom. The lowest BCUT2D eigenvalue weighted by Crippen LogP contribution is -2.59. The summed E-state index contributed by atoms with van der Waals surface area (Å²) >= 11 is 0. The second-order valence-corrected chi connectivity index (χ2v) is 25.2. The maximum Gasteiger partial charge on any atom is 0.421 e. The van der Waals surface area contributed by atoms with Crippen molar-refractivity contribution in [2.75, 3.05) is 71.7 Å². The van der Waals surface area contributed by atoms with Gasteiger partial charge in [0.2, 0.25) is 17.6 Å². The van der Waals surface area contributed by atoms with Crippen molar-refractivity contribution in [2.45, 2.75) is 134 Å². The zero-order valence-electron chi connectivity index (χ0n) is 51.0. The average Bonchev–Trinajstić information content (AvgIpc) is 1.61. The Balaban J connectivity index is 0.707. The summed E-state index contributed by atoms with van der Waals surface area (Å²) in [5.41, 5.74) is -2.96. The summed E-state index contributed by atoms with van der Waals surface area (Å²) in [5.74, 6) is 1.55. The van der Waals surface area contributed by atoms with Crippen LogP contribution in [0.5, 0.6) is 17.2 Å². The number of amides is 4. The van der Waals surface area contributed by atoms with Crippen LogP contribution in [0.2, 0.25) is 0 Å². The van der Waals surface area contributed by atoms with Gasteiger partial charge in [0.05, 0.1) is 81.7 Å². The van der Waals surface area contributed by atoms with Crippen LogP contribution >= 0.6 is 0 Å². The number of alkyl carbamates (subject to hydrolysis) is 1. The van der Waals surface area contributed by atoms with Crippen molar-refractivity contribution in [2.24, 2.45) is 23.7 Å². The van der Waals surface area contributed by atoms with Gasteiger partial charge in [-0.25, -0.2) is 14.3 Å². The Labute approximate surface area is 525 Å². The van der Waals surface area contributed by atoms with E-state index in [0.717, 1.165) is 25.7 Å². The highest BCUT2D eigenvalue weighted by atomic mass is 32.2. The number of rotatable bonds is 25. The third-order valence-electron chi connectivity index (χ3n) is 17.4. The SMILES string of the molecule is COc1cccc2c1C(=O)c1c(O)c3c(c(O)c1C2=O)C[C@@](O)(C(=O)CO)C[C@@H]3O[C@H]1C[C@H](N2CCO[C@H](OCc3ccc(NC(=O)[C@H](C)NC(=O)[C@@H](NC(=O)OCCOCCNS(=O)(=O)NC(=O)OCC4[C@H]5CCC#CCC[C@@H]45)C(C)C)cc3)C2)[C@H](O)[C@H](C)O1. The normalized spacial score (nSPS) is 25.9. The first kappa shape index (κ1) is 68.0. The number of nitrogens with one attached hydrogen (secondary N) is 5. The van der Waals surface area contributed by atoms with E-state index >= 15 is 0 Å². The molecule has 0 bridgehead atoms. The Bertz CT molecular complexity index is 3390. The number of Topliss-reactive ketones (excluding diaryl/α,β-unsaturated/α-hetero) is 1. The number of ketones is 3. The molecular weight excluding hydrogens is 1210 g/mol. The lowest BCUT2D eigenvalue weighted by Gasteiger charge is -2.47. The maximum atomic E-state index is 14.2. The molecule has 10 N–H and O–H groups in total. The van der Waals surface area contributed by atoms with Gasteiger partial charge in [-0.1, -0.05) is 38.1 Å². The van der Waals surface area contributed by atoms with Gasteiger partial charge in [0, 0.05) is 73.6 Å². The van der Waals surface area contributed by atoms with Crippen LogP contribution in [0.15, 0.2) is 42.5 Å². The standard InChI is InChI=1S/C62H78N6O22S/c1-32(2)52(66-60(78)86-24-23-84-21-19-63-91(81,82)67-61(79)88-31-41-37-11-8-6-7-9-12-38(37)41)59(77)64-33(3)58(76)65-36-17-15-35(16-18-36)30-87-47-28-68(20-22-85-47)42-25-46(89-34(4)53(42)71)90-44-27-62(80,45(70)29-69)26-40-49(44)57(75)51-50(55(40)73)54(72)39-13-10-14-43(83-5)48(39)56(51)74/h10,13-18,32-34,37-38,41-42,44,46-47,52-53,63,69,71,73,75,80H,8-9,11-12,19-31H2,1-5H3,(H,64,77)(H,65,76)(H,66,78)(H,67,79)/t33-,34-,37-,38+,41?,42-,44-,46-,47+,52-,53+,62-/m0/s1. The van der Waals surface area contributed by atoms with Gasteiger partial charge in [-0.05, 0) is 74.1 Å². The maximum absolute atomic E-state index is 14.2. The number of aliphatic hydroxyl groups excluding tert-OH is 2. The number of carbonyl (C=O) groups is 7. The molecule has 12 atom stereocenters. The number of hydrogen-bond donors (Lipinski definition) is 10. The van der Waals surface area contributed by atoms with E-state index in [2.05, 4.69) is 32.5 Å². The number of aromatic hydroxyl groups is 2. The Hall–Kier alpha value is -7.34. The molecule has 3 fully saturated rings. The molecule has 29 heteroatoms. The zero-order valence-corrected chi connectivity index (χ0v) is 51.8. The first-order chi connectivity index (χ1) is 43.4. The van der Waals surface area contributed by atoms with Crippen molar-refractivity contribution in [1.82, 2.24) is 25.0 Å². The van der Waals surface area contributed by atoms with Gasteiger partial charge in [-0.3, -0.25) is 28.9 Å². The second-order valence-electron chi connectivity index (χ2n) is 23.7. The number of fused-ring (bicyclic) bond motifs is 4. The van der Waals surface area contributed by atoms with Gasteiger partial charge in [0.15, 0.2) is 24.1 Å². The fraction of sp³-hybridized carbons (Fsp3) is 0.565. The number of morpholine rings is 1. The number of ether oxygens (including phenoxy) is 8. The zero-order chi connectivity index (χ0) is 65.5. The Kier molecular flexibility index (Phi) is 22.1. The molecule has 3 aromatic carbocycles. The number of nitrogens with zero attached hydrogens (tertiary/aromatic N) is 1. The smallest absolute Gasteiger partial charge is 0.421 e. The van der Waals surface area contributed by atoms with E-state index in [1.54, 1.807) is 45.0 Å². The van der Waals surface area contributed by atoms with Crippen LogP contribution in [0.4, 0.5) is 15.3 Å². The first-order valence-electron chi connectivity index (χ1n) is 30.2. The minimum absolute atomic E-state index is 0.00614. The molecule has 4 aliphatic carbocycles. The summed E-state index contributed by atoms with van der Waals surface area (Å²) in [4.78, 5) is 94.6. The molecule has 0 spiro atoms. The molecule has 0 aromatic heterocycles. The number of anilines is 1. The molecule has 28 nitrogen and oxygen atoms in total. The summed E-state index contributed by atoms with van der Waals surface area (Å²) in [6.45, 7) is 5.61. The van der Waals surface area contributed by atoms with Crippen LogP contribution in [-0.2, 0) is 70.8 Å². The van der Waals surface area contributed by atoms with Crippen molar-refractivity contribution in [3.8, 4) is 29.1 Å². The number of carbonyl (C=O) groups excluding carboxylic acids is 7. The largest absolute Gasteiger partial charge is 0.507 e. The lowest BCUT2D eigenvalue weighted by atomic mass is 9.72. The summed E-state index contributed by atoms with van der Waals surface area (Å²) in [6.07, 6.45) is -5.13. The third kappa shape index (κ3) is 15.9. The van der Waals surface area contributed by atoms with Gasteiger partial charge in [-0.15, -0.1) is 11.8 Å². The molecular formula is C62H78N6O22S. The molecule has 2 saturated heterocycles. The molecule has 6 aliphatic rings. The van der Waals surface area contributed by atoms with Crippen LogP contribution in [0.25, 0.3) is 0 Å². The monoisotopic (exact) mass is 1290 g/mol. The van der Waals surface area contributed by atoms with E-state index in [9.17, 15) is 67.5 Å². The summed E-state index contributed by atoms with van der Waals surface area (Å²) < 4.78 is 74.3. The van der Waals surface area contributed by atoms with Crippen LogP contribution in [0.3, 0.4) is 0 Å². The van der Waals surface area contributed by atoms with Gasteiger partial charge in [0.25, 0.3) is 0 Å². The van der Waals surface area contributed by atoms with E-state index < -0.39 is 154 Å². The molecule has 0 radical (unpaired) electrons. The predicted molar refractivity (Wildman–Crippen MR) is 318 cm³/mol. The second kappa shape index (κ2) is 29.5. The van der Waals surface area contributed by atoms with Crippen molar-refractivity contribution >= 4 is 57.2 Å². The van der Waals surface area contributed by atoms with E-state index in [-0.39, 0.29) is 93.1 Å². The van der Waals surface area contributed by atoms with E-state index in [1.807, 2.05) is 9.62 Å². The molecule has 1 unspecified atom stereocenters. The van der Waals surface area contributed by atoms with Crippen molar-refractivity contribution in [3.05, 3.63) is 81.4 Å². The summed E-state index contributed by atoms with van der Waals surface area (Å²) in [7, 11) is -2.92. The number of phenolic OH excluding ortho intramolecular Hbond substituents is 2. The van der Waals surface area contributed by atoms with Gasteiger partial charge >= 0.3 is 22.4 Å². The molecule has 1 saturated carbocycles. The van der Waals surface area contributed by atoms with Crippen molar-refractivity contribution in [3.63, 3.8) is 0 Å². The molecule has 2 aliphatic heterocycles. The minimum Gasteiger partial charge on any atom is -0.507 e. The Morgan fingerprint density at radius 2 is 1.58 bits per heavy atom. The first-order valence-corrected chi connectivity index (χ1v) is 31.7. The minimum atomic E-state index is -4.23. The lowest BCUT2D eigenvalue weighted by molar-refractivity contribution is -0.268. The average molecular weight is 1290 g/mol. The number of hydrogen-bond acceptors (Lipinski definition) is 23. The molecule has 494 valence electrons. The third-order valence-corrected chi connectivity index (χ3v) is 18.4. The summed E-state index contributed by atoms with van der Waals surface area (Å²) in [6, 6.07) is 8.24. The number of benzene rings is 3. The quantitative estimate of drug-likeness (QED) is 0.0258. The van der Waals surface area contributed by atoms with Gasteiger partial charge in [-0.2, -0.15) is 13.1 Å². The van der Waals surface area contributed by atoms with E-state index in [0.29, 0.717) is 29.6 Å². The van der Waals surface area contributed by atoms with E-state index in [1.165, 1.54) is 32.2 Å². The highest BCUT2D eigenvalue weighted by Gasteiger charge is 2.52. The van der Waals surface area contributed by atoms with Crippen molar-refractivity contribution in [1.29, 1.82) is 0 Å².